The first-order chi connectivity index (χ1) is 15.0. The number of carboxylic acid groups (broad SMARTS) is 1. The number of aryl methyl sites for hydroxylation is 1. The Morgan fingerprint density at radius 2 is 1.53 bits per heavy atom. The van der Waals surface area contributed by atoms with Gasteiger partial charge in [-0.15, -0.1) is 0 Å². The van der Waals surface area contributed by atoms with Gasteiger partial charge < -0.3 is 19.9 Å². The van der Waals surface area contributed by atoms with E-state index in [4.69, 9.17) is 21.1 Å². The molecule has 0 aliphatic rings. The number of aliphatic carboxylic acids is 1. The van der Waals surface area contributed by atoms with Crippen LogP contribution >= 0.6 is 11.6 Å². The first-order valence-electron chi connectivity index (χ1n) is 10.2. The molecule has 1 amide bonds. The Kier molecular flexibility index (Phi) is 8.66. The van der Waals surface area contributed by atoms with Crippen LogP contribution in [0.5, 0.6) is 0 Å². The lowest BCUT2D eigenvalue weighted by atomic mass is 9.79. The molecule has 0 aliphatic heterocycles. The molecule has 0 aliphatic carbocycles. The number of benzene rings is 2. The SMILES string of the molecule is CC(=O)OC(OC(=O)NC(CCC(=O)O)(c1ccc(C)cc1)c1ccc(Cl)cc1)C(C)C. The van der Waals surface area contributed by atoms with E-state index < -0.39 is 29.9 Å². The lowest BCUT2D eigenvalue weighted by molar-refractivity contribution is -0.172. The van der Waals surface area contributed by atoms with E-state index in [1.807, 2.05) is 31.2 Å². The van der Waals surface area contributed by atoms with Crippen molar-refractivity contribution in [3.05, 3.63) is 70.2 Å². The lowest BCUT2D eigenvalue weighted by Gasteiger charge is -2.36. The number of carbonyl (C=O) groups is 3. The third kappa shape index (κ3) is 6.72. The zero-order chi connectivity index (χ0) is 23.9. The van der Waals surface area contributed by atoms with Crippen LogP contribution < -0.4 is 5.32 Å². The summed E-state index contributed by atoms with van der Waals surface area (Å²) in [5.41, 5.74) is 1.11. The van der Waals surface area contributed by atoms with Crippen molar-refractivity contribution in [2.45, 2.75) is 52.4 Å². The highest BCUT2D eigenvalue weighted by molar-refractivity contribution is 6.30. The minimum absolute atomic E-state index is 0.0576. The molecule has 7 nitrogen and oxygen atoms in total. The van der Waals surface area contributed by atoms with Gasteiger partial charge in [-0.1, -0.05) is 67.4 Å². The number of hydrogen-bond donors (Lipinski definition) is 2. The summed E-state index contributed by atoms with van der Waals surface area (Å²) in [6, 6.07) is 14.2. The molecule has 2 unspecified atom stereocenters. The molecule has 2 N–H and O–H groups in total. The highest BCUT2D eigenvalue weighted by Gasteiger charge is 2.38. The van der Waals surface area contributed by atoms with Crippen LogP contribution in [0.4, 0.5) is 4.79 Å². The highest BCUT2D eigenvalue weighted by Crippen LogP contribution is 2.35. The van der Waals surface area contributed by atoms with Crippen LogP contribution in [0.25, 0.3) is 0 Å². The molecule has 0 aromatic heterocycles. The summed E-state index contributed by atoms with van der Waals surface area (Å²) < 4.78 is 10.5. The van der Waals surface area contributed by atoms with E-state index in [9.17, 15) is 19.5 Å². The van der Waals surface area contributed by atoms with Gasteiger partial charge in [0.15, 0.2) is 0 Å². The second kappa shape index (κ2) is 11.0. The number of rotatable bonds is 9. The molecule has 0 saturated heterocycles. The molecule has 2 rings (SSSR count). The molecule has 0 radical (unpaired) electrons. The number of halogens is 1. The summed E-state index contributed by atoms with van der Waals surface area (Å²) in [7, 11) is 0. The van der Waals surface area contributed by atoms with Gasteiger partial charge in [0.1, 0.15) is 0 Å². The number of carbonyl (C=O) groups excluding carboxylic acids is 2. The minimum atomic E-state index is -1.22. The van der Waals surface area contributed by atoms with Crippen molar-refractivity contribution in [3.8, 4) is 0 Å². The van der Waals surface area contributed by atoms with Crippen molar-refractivity contribution in [2.75, 3.05) is 0 Å². The molecule has 2 aromatic rings. The largest absolute Gasteiger partial charge is 0.481 e. The molecule has 0 bridgehead atoms. The van der Waals surface area contributed by atoms with E-state index in [0.717, 1.165) is 5.56 Å². The van der Waals surface area contributed by atoms with Crippen molar-refractivity contribution in [3.63, 3.8) is 0 Å². The van der Waals surface area contributed by atoms with Gasteiger partial charge in [0.2, 0.25) is 0 Å². The van der Waals surface area contributed by atoms with Crippen molar-refractivity contribution >= 4 is 29.6 Å². The van der Waals surface area contributed by atoms with Crippen LogP contribution in [0.15, 0.2) is 48.5 Å². The Balaban J connectivity index is 2.52. The van der Waals surface area contributed by atoms with E-state index in [-0.39, 0.29) is 18.8 Å². The topological polar surface area (TPSA) is 102 Å². The second-order valence-corrected chi connectivity index (χ2v) is 8.36. The highest BCUT2D eigenvalue weighted by atomic mass is 35.5. The van der Waals surface area contributed by atoms with Crippen LogP contribution in [0.1, 0.15) is 50.3 Å². The smallest absolute Gasteiger partial charge is 0.411 e. The summed E-state index contributed by atoms with van der Waals surface area (Å²) >= 11 is 6.06. The maximum Gasteiger partial charge on any atom is 0.411 e. The molecule has 8 heteroatoms. The molecular formula is C24H28ClNO6. The third-order valence-corrected chi connectivity index (χ3v) is 5.21. The Labute approximate surface area is 192 Å². The third-order valence-electron chi connectivity index (χ3n) is 4.96. The van der Waals surface area contributed by atoms with Gasteiger partial charge in [0, 0.05) is 24.3 Å². The van der Waals surface area contributed by atoms with E-state index in [1.165, 1.54) is 6.92 Å². The fraction of sp³-hybridized carbons (Fsp3) is 0.375. The lowest BCUT2D eigenvalue weighted by Crippen LogP contribution is -2.49. The fourth-order valence-corrected chi connectivity index (χ4v) is 3.42. The molecule has 0 saturated carbocycles. The predicted octanol–water partition coefficient (Wildman–Crippen LogP) is 5.03. The molecule has 2 atom stereocenters. The molecule has 32 heavy (non-hydrogen) atoms. The summed E-state index contributed by atoms with van der Waals surface area (Å²) in [5.74, 6) is -1.87. The van der Waals surface area contributed by atoms with Gasteiger partial charge in [-0.25, -0.2) is 4.79 Å². The number of ether oxygens (including phenoxy) is 2. The van der Waals surface area contributed by atoms with Crippen LogP contribution in [-0.4, -0.2) is 29.4 Å². The summed E-state index contributed by atoms with van der Waals surface area (Å²) in [6.07, 6.45) is -2.09. The van der Waals surface area contributed by atoms with Crippen LogP contribution in [0, 0.1) is 12.8 Å². The average Bonchev–Trinajstić information content (AvgIpc) is 2.71. The first-order valence-corrected chi connectivity index (χ1v) is 10.6. The number of nitrogens with one attached hydrogen (secondary N) is 1. The van der Waals surface area contributed by atoms with Gasteiger partial charge in [-0.3, -0.25) is 9.59 Å². The average molecular weight is 462 g/mol. The van der Waals surface area contributed by atoms with E-state index >= 15 is 0 Å². The maximum absolute atomic E-state index is 13.0. The second-order valence-electron chi connectivity index (χ2n) is 7.92. The molecule has 0 heterocycles. The summed E-state index contributed by atoms with van der Waals surface area (Å²) in [4.78, 5) is 35.8. The van der Waals surface area contributed by atoms with Gasteiger partial charge >= 0.3 is 18.0 Å². The Morgan fingerprint density at radius 1 is 1.00 bits per heavy atom. The Morgan fingerprint density at radius 3 is 2.00 bits per heavy atom. The molecule has 0 spiro atoms. The first kappa shape index (κ1) is 25.2. The zero-order valence-electron chi connectivity index (χ0n) is 18.6. The van der Waals surface area contributed by atoms with Crippen molar-refractivity contribution in [1.82, 2.24) is 5.32 Å². The number of amides is 1. The Bertz CT molecular complexity index is 894. The molecule has 0 fully saturated rings. The van der Waals surface area contributed by atoms with Gasteiger partial charge in [-0.2, -0.15) is 0 Å². The Hall–Kier alpha value is -3.06. The fourth-order valence-electron chi connectivity index (χ4n) is 3.30. The van der Waals surface area contributed by atoms with Crippen LogP contribution in [-0.2, 0) is 24.6 Å². The van der Waals surface area contributed by atoms with Gasteiger partial charge in [0.25, 0.3) is 6.29 Å². The number of esters is 1. The maximum atomic E-state index is 13.0. The monoisotopic (exact) mass is 461 g/mol. The van der Waals surface area contributed by atoms with Gasteiger partial charge in [0.05, 0.1) is 5.54 Å². The van der Waals surface area contributed by atoms with Crippen LogP contribution in [0.2, 0.25) is 5.02 Å². The van der Waals surface area contributed by atoms with Crippen molar-refractivity contribution in [2.24, 2.45) is 5.92 Å². The predicted molar refractivity (Wildman–Crippen MR) is 120 cm³/mol. The van der Waals surface area contributed by atoms with Crippen molar-refractivity contribution in [1.29, 1.82) is 0 Å². The number of hydrogen-bond acceptors (Lipinski definition) is 5. The summed E-state index contributed by atoms with van der Waals surface area (Å²) in [6.45, 7) is 6.66. The van der Waals surface area contributed by atoms with Crippen molar-refractivity contribution < 1.29 is 29.0 Å². The number of carboxylic acids is 1. The van der Waals surface area contributed by atoms with E-state index in [0.29, 0.717) is 16.1 Å². The molecule has 172 valence electrons. The van der Waals surface area contributed by atoms with Gasteiger partial charge in [-0.05, 0) is 36.6 Å². The standard InChI is InChI=1S/C24H28ClNO6/c1-15(2)22(31-17(4)27)32-23(30)26-24(14-13-21(28)29,18-7-5-16(3)6-8-18)19-9-11-20(25)12-10-19/h5-12,15,22H,13-14H2,1-4H3,(H,26,30)(H,28,29). The minimum Gasteiger partial charge on any atom is -0.481 e. The summed E-state index contributed by atoms with van der Waals surface area (Å²) in [5, 5.41) is 12.7. The normalized spacial score (nSPS) is 13.7. The molecular weight excluding hydrogens is 434 g/mol. The molecule has 2 aromatic carbocycles. The van der Waals surface area contributed by atoms with E-state index in [2.05, 4.69) is 5.32 Å². The quantitative estimate of drug-likeness (QED) is 0.401. The zero-order valence-corrected chi connectivity index (χ0v) is 19.3. The van der Waals surface area contributed by atoms with E-state index in [1.54, 1.807) is 38.1 Å². The van der Waals surface area contributed by atoms with Crippen LogP contribution in [0.3, 0.4) is 0 Å². The number of alkyl carbamates (subject to hydrolysis) is 1.